The maximum Gasteiger partial charge on any atom is 0.247 e. The Labute approximate surface area is 183 Å². The maximum absolute atomic E-state index is 5.81. The van der Waals surface area contributed by atoms with Crippen molar-refractivity contribution in [2.75, 3.05) is 32.0 Å². The first-order chi connectivity index (χ1) is 14.8. The Hall–Kier alpha value is -2.57. The topological polar surface area (TPSA) is 51.4 Å². The molecule has 0 atom stereocenters. The van der Waals surface area contributed by atoms with E-state index in [2.05, 4.69) is 53.2 Å². The van der Waals surface area contributed by atoms with Gasteiger partial charge >= 0.3 is 0 Å². The molecule has 0 aliphatic rings. The van der Waals surface area contributed by atoms with Crippen LogP contribution in [0.2, 0.25) is 0 Å². The highest BCUT2D eigenvalue weighted by molar-refractivity contribution is 7.98. The van der Waals surface area contributed by atoms with Crippen LogP contribution in [0.3, 0.4) is 0 Å². The van der Waals surface area contributed by atoms with E-state index >= 15 is 0 Å². The normalized spacial score (nSPS) is 11.4. The van der Waals surface area contributed by atoms with Gasteiger partial charge in [0.1, 0.15) is 5.75 Å². The van der Waals surface area contributed by atoms with Crippen LogP contribution in [0.25, 0.3) is 17.5 Å². The van der Waals surface area contributed by atoms with Crippen LogP contribution in [-0.4, -0.2) is 47.1 Å². The molecule has 0 saturated carbocycles. The van der Waals surface area contributed by atoms with E-state index in [4.69, 9.17) is 9.15 Å². The number of hydrogen-bond donors (Lipinski definition) is 0. The van der Waals surface area contributed by atoms with Crippen LogP contribution in [0.5, 0.6) is 5.75 Å². The van der Waals surface area contributed by atoms with Crippen molar-refractivity contribution in [1.29, 1.82) is 0 Å². The van der Waals surface area contributed by atoms with Crippen LogP contribution in [0.4, 0.5) is 0 Å². The van der Waals surface area contributed by atoms with Gasteiger partial charge in [0.05, 0.1) is 12.4 Å². The molecular weight excluding hydrogens is 394 g/mol. The van der Waals surface area contributed by atoms with E-state index in [9.17, 15) is 0 Å². The van der Waals surface area contributed by atoms with E-state index in [0.29, 0.717) is 24.1 Å². The zero-order chi connectivity index (χ0) is 21.0. The molecule has 3 aromatic rings. The van der Waals surface area contributed by atoms with Gasteiger partial charge in [-0.3, -0.25) is 0 Å². The fraction of sp³-hybridized carbons (Fsp3) is 0.333. The smallest absolute Gasteiger partial charge is 0.247 e. The van der Waals surface area contributed by atoms with Gasteiger partial charge in [0.15, 0.2) is 0 Å². The second-order valence-corrected chi connectivity index (χ2v) is 7.83. The van der Waals surface area contributed by atoms with Crippen LogP contribution < -0.4 is 4.74 Å². The Morgan fingerprint density at radius 2 is 1.77 bits per heavy atom. The molecular formula is C24H29N3O2S. The summed E-state index contributed by atoms with van der Waals surface area (Å²) >= 11 is 1.72. The number of hydrogen-bond acceptors (Lipinski definition) is 6. The van der Waals surface area contributed by atoms with Crippen LogP contribution >= 0.6 is 11.8 Å². The van der Waals surface area contributed by atoms with Crippen molar-refractivity contribution in [3.63, 3.8) is 0 Å². The largest absolute Gasteiger partial charge is 0.493 e. The molecule has 0 bridgehead atoms. The van der Waals surface area contributed by atoms with Crippen LogP contribution in [0.1, 0.15) is 25.3 Å². The summed E-state index contributed by atoms with van der Waals surface area (Å²) in [4.78, 5) is 2.37. The Balaban J connectivity index is 1.43. The molecule has 0 saturated heterocycles. The molecule has 0 fully saturated rings. The van der Waals surface area contributed by atoms with Crippen LogP contribution in [-0.2, 0) is 5.75 Å². The third kappa shape index (κ3) is 7.04. The lowest BCUT2D eigenvalue weighted by atomic mass is 10.1. The Bertz CT molecular complexity index is 890. The molecule has 1 heterocycles. The first kappa shape index (κ1) is 22.1. The lowest BCUT2D eigenvalue weighted by Crippen LogP contribution is -2.22. The average molecular weight is 424 g/mol. The number of ether oxygens (including phenoxy) is 1. The number of nitrogens with zero attached hydrogens (tertiary/aromatic N) is 3. The maximum atomic E-state index is 5.81. The zero-order valence-electron chi connectivity index (χ0n) is 17.7. The van der Waals surface area contributed by atoms with Crippen molar-refractivity contribution in [2.45, 2.75) is 19.6 Å². The highest BCUT2D eigenvalue weighted by Crippen LogP contribution is 2.21. The zero-order valence-corrected chi connectivity index (χ0v) is 18.5. The number of likely N-dealkylation sites (N-methyl/N-ethyl adjacent to an activating group) is 1. The van der Waals surface area contributed by atoms with E-state index in [1.54, 1.807) is 11.8 Å². The summed E-state index contributed by atoms with van der Waals surface area (Å²) in [5.74, 6) is 3.63. The standard InChI is InChI=1S/C24H29N3O2S/c1-3-27(4-2)16-8-9-20-12-14-21(15-13-20)24-26-25-23(29-24)19-30-18-17-28-22-10-6-5-7-11-22/h5-15H,3-4,16-19H2,1-2H3. The second kappa shape index (κ2) is 12.2. The molecule has 30 heavy (non-hydrogen) atoms. The van der Waals surface area contributed by atoms with Crippen LogP contribution in [0, 0.1) is 0 Å². The van der Waals surface area contributed by atoms with Crippen molar-refractivity contribution in [3.05, 3.63) is 72.1 Å². The van der Waals surface area contributed by atoms with Gasteiger partial charge in [0, 0.05) is 17.9 Å². The van der Waals surface area contributed by atoms with Crippen molar-refractivity contribution in [2.24, 2.45) is 0 Å². The lowest BCUT2D eigenvalue weighted by molar-refractivity contribution is 0.338. The van der Waals surface area contributed by atoms with Crippen molar-refractivity contribution in [1.82, 2.24) is 15.1 Å². The van der Waals surface area contributed by atoms with Crippen molar-refractivity contribution >= 4 is 17.8 Å². The molecule has 0 aliphatic heterocycles. The Kier molecular flexibility index (Phi) is 9.00. The number of thioether (sulfide) groups is 1. The molecule has 158 valence electrons. The SMILES string of the molecule is CCN(CC)CC=Cc1ccc(-c2nnc(CSCCOc3ccccc3)o2)cc1. The number of aromatic nitrogens is 2. The first-order valence-corrected chi connectivity index (χ1v) is 11.5. The molecule has 0 N–H and O–H groups in total. The van der Waals surface area contributed by atoms with Crippen LogP contribution in [0.15, 0.2) is 65.1 Å². The Morgan fingerprint density at radius 3 is 2.50 bits per heavy atom. The summed E-state index contributed by atoms with van der Waals surface area (Å²) in [5, 5.41) is 8.34. The highest BCUT2D eigenvalue weighted by Gasteiger charge is 2.08. The second-order valence-electron chi connectivity index (χ2n) is 6.73. The van der Waals surface area contributed by atoms with Gasteiger partial charge in [-0.15, -0.1) is 22.0 Å². The van der Waals surface area contributed by atoms with E-state index < -0.39 is 0 Å². The lowest BCUT2D eigenvalue weighted by Gasteiger charge is -2.14. The fourth-order valence-electron chi connectivity index (χ4n) is 2.88. The van der Waals surface area contributed by atoms with E-state index in [1.807, 2.05) is 42.5 Å². The molecule has 1 aromatic heterocycles. The molecule has 3 rings (SSSR count). The van der Waals surface area contributed by atoms with Crippen molar-refractivity contribution < 1.29 is 9.15 Å². The molecule has 5 nitrogen and oxygen atoms in total. The fourth-order valence-corrected chi connectivity index (χ4v) is 3.52. The quantitative estimate of drug-likeness (QED) is 0.363. The molecule has 0 unspecified atom stereocenters. The van der Waals surface area contributed by atoms with Crippen molar-refractivity contribution in [3.8, 4) is 17.2 Å². The molecule has 6 heteroatoms. The minimum atomic E-state index is 0.560. The first-order valence-electron chi connectivity index (χ1n) is 10.4. The summed E-state index contributed by atoms with van der Waals surface area (Å²) in [7, 11) is 0. The summed E-state index contributed by atoms with van der Waals surface area (Å²) in [6.07, 6.45) is 4.35. The molecule has 0 spiro atoms. The minimum Gasteiger partial charge on any atom is -0.493 e. The monoisotopic (exact) mass is 423 g/mol. The van der Waals surface area contributed by atoms with Gasteiger partial charge in [-0.2, -0.15) is 0 Å². The number of rotatable bonds is 12. The highest BCUT2D eigenvalue weighted by atomic mass is 32.2. The summed E-state index contributed by atoms with van der Waals surface area (Å²) in [5.41, 5.74) is 2.10. The van der Waals surface area contributed by atoms with Gasteiger partial charge in [-0.25, -0.2) is 0 Å². The molecule has 0 aliphatic carbocycles. The average Bonchev–Trinajstić information content (AvgIpc) is 3.27. The molecule has 2 aromatic carbocycles. The summed E-state index contributed by atoms with van der Waals surface area (Å²) < 4.78 is 11.5. The van der Waals surface area contributed by atoms with Gasteiger partial charge in [-0.1, -0.05) is 56.3 Å². The van der Waals surface area contributed by atoms with Gasteiger partial charge < -0.3 is 14.1 Å². The summed E-state index contributed by atoms with van der Waals surface area (Å²) in [6, 6.07) is 18.0. The van der Waals surface area contributed by atoms with E-state index in [1.165, 1.54) is 5.56 Å². The summed E-state index contributed by atoms with van der Waals surface area (Å²) in [6.45, 7) is 8.12. The van der Waals surface area contributed by atoms with E-state index in [-0.39, 0.29) is 0 Å². The molecule has 0 amide bonds. The predicted octanol–water partition coefficient (Wildman–Crippen LogP) is 5.40. The third-order valence-corrected chi connectivity index (χ3v) is 5.56. The predicted molar refractivity (Wildman–Crippen MR) is 125 cm³/mol. The third-order valence-electron chi connectivity index (χ3n) is 4.66. The van der Waals surface area contributed by atoms with Gasteiger partial charge in [0.2, 0.25) is 11.8 Å². The Morgan fingerprint density at radius 1 is 1.00 bits per heavy atom. The molecule has 0 radical (unpaired) electrons. The number of para-hydroxylation sites is 1. The van der Waals surface area contributed by atoms with Gasteiger partial charge in [0.25, 0.3) is 0 Å². The van der Waals surface area contributed by atoms with Gasteiger partial charge in [-0.05, 0) is 42.9 Å². The van der Waals surface area contributed by atoms with E-state index in [0.717, 1.165) is 36.7 Å². The number of benzene rings is 2. The minimum absolute atomic E-state index is 0.560.